The number of nitroso groups, excluding NO2 is 1. The van der Waals surface area contributed by atoms with Crippen LogP contribution in [0.15, 0.2) is 65.0 Å². The van der Waals surface area contributed by atoms with Crippen molar-refractivity contribution < 1.29 is 9.18 Å². The molecule has 34 heavy (non-hydrogen) atoms. The van der Waals surface area contributed by atoms with Crippen molar-refractivity contribution in [1.29, 1.82) is 0 Å². The van der Waals surface area contributed by atoms with E-state index in [1.54, 1.807) is 18.3 Å². The highest BCUT2D eigenvalue weighted by Crippen LogP contribution is 2.39. The third kappa shape index (κ3) is 3.44. The van der Waals surface area contributed by atoms with Crippen molar-refractivity contribution in [3.63, 3.8) is 0 Å². The molecule has 4 aliphatic heterocycles. The molecule has 6 rings (SSSR count). The van der Waals surface area contributed by atoms with Crippen molar-refractivity contribution >= 4 is 28.8 Å². The Labute approximate surface area is 195 Å². The lowest BCUT2D eigenvalue weighted by Gasteiger charge is -2.38. The topological polar surface area (TPSA) is 89.4 Å². The van der Waals surface area contributed by atoms with Crippen molar-refractivity contribution in [3.05, 3.63) is 82.3 Å². The number of rotatable bonds is 3. The van der Waals surface area contributed by atoms with Crippen LogP contribution in [0.3, 0.4) is 0 Å². The smallest absolute Gasteiger partial charge is 0.228 e. The Balaban J connectivity index is 1.42. The summed E-state index contributed by atoms with van der Waals surface area (Å²) in [6.07, 6.45) is 5.41. The predicted molar refractivity (Wildman–Crippen MR) is 128 cm³/mol. The van der Waals surface area contributed by atoms with Gasteiger partial charge in [0.2, 0.25) is 5.91 Å². The summed E-state index contributed by atoms with van der Waals surface area (Å²) in [5, 5.41) is 9.76. The Bertz CT molecular complexity index is 1270. The zero-order chi connectivity index (χ0) is 23.2. The van der Waals surface area contributed by atoms with Gasteiger partial charge in [-0.25, -0.2) is 9.38 Å². The predicted octanol–water partition coefficient (Wildman–Crippen LogP) is 3.49. The Morgan fingerprint density at radius 2 is 1.94 bits per heavy atom. The van der Waals surface area contributed by atoms with E-state index < -0.39 is 0 Å². The molecule has 172 valence electrons. The largest absolute Gasteiger partial charge is 0.356 e. The number of likely N-dealkylation sites (tertiary alicyclic amines) is 1. The lowest BCUT2D eigenvalue weighted by molar-refractivity contribution is -0.115. The van der Waals surface area contributed by atoms with Crippen LogP contribution >= 0.6 is 0 Å². The fraction of sp³-hybridized carbons (Fsp3) is 0.280. The van der Waals surface area contributed by atoms with Crippen molar-refractivity contribution in [3.8, 4) is 0 Å². The fourth-order valence-electron chi connectivity index (χ4n) is 5.14. The van der Waals surface area contributed by atoms with E-state index in [0.29, 0.717) is 13.0 Å². The van der Waals surface area contributed by atoms with E-state index in [-0.39, 0.29) is 23.9 Å². The summed E-state index contributed by atoms with van der Waals surface area (Å²) < 4.78 is 13.7. The maximum atomic E-state index is 13.7. The van der Waals surface area contributed by atoms with E-state index in [4.69, 9.17) is 0 Å². The number of amidine groups is 1. The normalized spacial score (nSPS) is 23.3. The van der Waals surface area contributed by atoms with Gasteiger partial charge in [-0.1, -0.05) is 11.2 Å². The SMILES string of the molecule is O=NC1CCCN(C2=NC=CN3C(c4ccc5c(c4)CC(=O)N5)=C(c4ccc(F)cc4)NC23)C1. The Morgan fingerprint density at radius 1 is 1.12 bits per heavy atom. The molecule has 0 radical (unpaired) electrons. The first kappa shape index (κ1) is 20.6. The van der Waals surface area contributed by atoms with Gasteiger partial charge in [0.05, 0.1) is 17.8 Å². The van der Waals surface area contributed by atoms with Crippen molar-refractivity contribution in [2.45, 2.75) is 31.5 Å². The van der Waals surface area contributed by atoms with Crippen molar-refractivity contribution in [2.75, 3.05) is 18.4 Å². The van der Waals surface area contributed by atoms with Gasteiger partial charge in [0.25, 0.3) is 0 Å². The molecule has 0 spiro atoms. The van der Waals surface area contributed by atoms with Gasteiger partial charge >= 0.3 is 0 Å². The van der Waals surface area contributed by atoms with E-state index >= 15 is 0 Å². The number of carbonyl (C=O) groups is 1. The van der Waals surface area contributed by atoms with Crippen LogP contribution in [0.25, 0.3) is 11.4 Å². The van der Waals surface area contributed by atoms with Crippen molar-refractivity contribution in [2.24, 2.45) is 10.2 Å². The zero-order valence-corrected chi connectivity index (χ0v) is 18.4. The second-order valence-corrected chi connectivity index (χ2v) is 8.91. The molecule has 9 heteroatoms. The number of fused-ring (bicyclic) bond motifs is 2. The van der Waals surface area contributed by atoms with Crippen LogP contribution < -0.4 is 10.6 Å². The first-order valence-corrected chi connectivity index (χ1v) is 11.4. The highest BCUT2D eigenvalue weighted by molar-refractivity contribution is 6.02. The minimum Gasteiger partial charge on any atom is -0.356 e. The number of benzene rings is 2. The van der Waals surface area contributed by atoms with Gasteiger partial charge in [-0.05, 0) is 54.8 Å². The summed E-state index contributed by atoms with van der Waals surface area (Å²) in [6.45, 7) is 1.34. The quantitative estimate of drug-likeness (QED) is 0.688. The van der Waals surface area contributed by atoms with Crippen LogP contribution in [0.1, 0.15) is 29.5 Å². The van der Waals surface area contributed by atoms with E-state index in [9.17, 15) is 14.1 Å². The van der Waals surface area contributed by atoms with E-state index in [0.717, 1.165) is 59.0 Å². The molecule has 4 heterocycles. The molecule has 2 unspecified atom stereocenters. The highest BCUT2D eigenvalue weighted by atomic mass is 19.1. The average Bonchev–Trinajstić information content (AvgIpc) is 3.43. The summed E-state index contributed by atoms with van der Waals surface area (Å²) in [5.41, 5.74) is 5.34. The summed E-state index contributed by atoms with van der Waals surface area (Å²) in [7, 11) is 0. The van der Waals surface area contributed by atoms with Crippen molar-refractivity contribution in [1.82, 2.24) is 15.1 Å². The standard InChI is InChI=1S/C25H23FN6O2/c26-18-6-3-15(4-7-18)22-23(16-5-8-20-17(12-16)13-21(33)28-20)32-11-9-27-24(25(32)29-22)31-10-1-2-19(14-31)30-34/h3-9,11-12,19,25,29H,1-2,10,13-14H2,(H,28,33). The molecule has 1 fully saturated rings. The van der Waals surface area contributed by atoms with Crippen LogP contribution in [-0.2, 0) is 11.2 Å². The van der Waals surface area contributed by atoms with Crippen LogP contribution in [0.5, 0.6) is 0 Å². The van der Waals surface area contributed by atoms with Gasteiger partial charge < -0.3 is 20.4 Å². The number of amides is 1. The summed E-state index contributed by atoms with van der Waals surface area (Å²) >= 11 is 0. The number of hydrogen-bond acceptors (Lipinski definition) is 7. The molecular weight excluding hydrogens is 435 g/mol. The van der Waals surface area contributed by atoms with Gasteiger partial charge in [-0.3, -0.25) is 4.79 Å². The summed E-state index contributed by atoms with van der Waals surface area (Å²) in [4.78, 5) is 32.0. The Morgan fingerprint density at radius 3 is 2.76 bits per heavy atom. The van der Waals surface area contributed by atoms with Gasteiger partial charge in [0.1, 0.15) is 17.7 Å². The van der Waals surface area contributed by atoms with Crippen LogP contribution in [0, 0.1) is 10.7 Å². The first-order chi connectivity index (χ1) is 16.6. The summed E-state index contributed by atoms with van der Waals surface area (Å²) in [6, 6.07) is 12.1. The third-order valence-electron chi connectivity index (χ3n) is 6.74. The monoisotopic (exact) mass is 458 g/mol. The molecule has 0 aliphatic carbocycles. The van der Waals surface area contributed by atoms with Gasteiger partial charge in [-0.2, -0.15) is 4.91 Å². The molecule has 2 N–H and O–H groups in total. The maximum absolute atomic E-state index is 13.7. The van der Waals surface area contributed by atoms with Gasteiger partial charge in [-0.15, -0.1) is 0 Å². The summed E-state index contributed by atoms with van der Waals surface area (Å²) in [5.74, 6) is 0.508. The average molecular weight is 458 g/mol. The molecule has 0 bridgehead atoms. The molecule has 1 saturated heterocycles. The molecular formula is C25H23FN6O2. The van der Waals surface area contributed by atoms with Gasteiger partial charge in [0.15, 0.2) is 6.17 Å². The molecule has 8 nitrogen and oxygen atoms in total. The molecule has 1 amide bonds. The number of nitrogens with zero attached hydrogens (tertiary/aromatic N) is 4. The fourth-order valence-corrected chi connectivity index (χ4v) is 5.14. The highest BCUT2D eigenvalue weighted by Gasteiger charge is 2.39. The second kappa shape index (κ2) is 8.09. The zero-order valence-electron chi connectivity index (χ0n) is 18.4. The third-order valence-corrected chi connectivity index (χ3v) is 6.74. The number of anilines is 1. The Kier molecular flexibility index (Phi) is 4.90. The molecule has 2 aromatic carbocycles. The van der Waals surface area contributed by atoms with Crippen LogP contribution in [0.2, 0.25) is 0 Å². The molecule has 2 aromatic rings. The molecule has 0 aromatic heterocycles. The molecule has 2 atom stereocenters. The number of hydrogen-bond donors (Lipinski definition) is 2. The van der Waals surface area contributed by atoms with Gasteiger partial charge in [0, 0.05) is 42.3 Å². The molecule has 4 aliphatic rings. The second-order valence-electron chi connectivity index (χ2n) is 8.91. The number of piperidine rings is 1. The Hall–Kier alpha value is -4.01. The number of aliphatic imine (C=N–C) groups is 1. The van der Waals surface area contributed by atoms with E-state index in [1.807, 2.05) is 24.4 Å². The minimum absolute atomic E-state index is 0.0157. The first-order valence-electron chi connectivity index (χ1n) is 11.4. The van der Waals surface area contributed by atoms with Crippen LogP contribution in [-0.4, -0.2) is 46.8 Å². The number of carbonyl (C=O) groups excluding carboxylic acids is 1. The lowest BCUT2D eigenvalue weighted by Crippen LogP contribution is -2.53. The number of halogens is 1. The van der Waals surface area contributed by atoms with E-state index in [1.165, 1.54) is 12.1 Å². The maximum Gasteiger partial charge on any atom is 0.228 e. The lowest BCUT2D eigenvalue weighted by atomic mass is 10.0. The number of nitrogens with one attached hydrogen (secondary N) is 2. The minimum atomic E-state index is -0.299. The van der Waals surface area contributed by atoms with E-state index in [2.05, 4.69) is 30.6 Å². The van der Waals surface area contributed by atoms with Crippen LogP contribution in [0.4, 0.5) is 10.1 Å². The molecule has 0 saturated carbocycles.